The van der Waals surface area contributed by atoms with Gasteiger partial charge in [-0.25, -0.2) is 8.42 Å². The van der Waals surface area contributed by atoms with Crippen LogP contribution >= 0.6 is 0 Å². The Morgan fingerprint density at radius 1 is 1.07 bits per heavy atom. The third kappa shape index (κ3) is 4.81. The van der Waals surface area contributed by atoms with Gasteiger partial charge in [0.2, 0.25) is 15.9 Å². The van der Waals surface area contributed by atoms with Crippen LogP contribution in [0.25, 0.3) is 0 Å². The maximum Gasteiger partial charge on any atom is 0.243 e. The molecule has 0 atom stereocenters. The summed E-state index contributed by atoms with van der Waals surface area (Å²) in [5.41, 5.74) is 3.07. The number of hydrogen-bond donors (Lipinski definition) is 1. The van der Waals surface area contributed by atoms with Gasteiger partial charge in [-0.2, -0.15) is 4.31 Å². The SMILES string of the molecule is CCc1cccc(C)c1NC(=O)CN(C)S(=O)(=O)c1ccc(C(C)=O)cc1. The van der Waals surface area contributed by atoms with E-state index in [0.717, 1.165) is 27.5 Å². The number of sulfonamides is 1. The van der Waals surface area contributed by atoms with E-state index in [0.29, 0.717) is 5.56 Å². The molecule has 0 aliphatic heterocycles. The van der Waals surface area contributed by atoms with E-state index >= 15 is 0 Å². The average molecular weight is 388 g/mol. The Labute approximate surface area is 160 Å². The maximum absolute atomic E-state index is 12.7. The van der Waals surface area contributed by atoms with Gasteiger partial charge in [0.25, 0.3) is 0 Å². The minimum Gasteiger partial charge on any atom is -0.324 e. The summed E-state index contributed by atoms with van der Waals surface area (Å²) in [6.07, 6.45) is 0.758. The zero-order valence-electron chi connectivity index (χ0n) is 15.9. The van der Waals surface area contributed by atoms with Gasteiger partial charge in [0.15, 0.2) is 5.78 Å². The first-order valence-corrected chi connectivity index (χ1v) is 10.1. The van der Waals surface area contributed by atoms with E-state index in [2.05, 4.69) is 5.32 Å². The van der Waals surface area contributed by atoms with Crippen LogP contribution < -0.4 is 5.32 Å². The number of anilines is 1. The monoisotopic (exact) mass is 388 g/mol. The molecule has 1 amide bonds. The van der Waals surface area contributed by atoms with Crippen LogP contribution in [-0.2, 0) is 21.2 Å². The molecular formula is C20H24N2O4S. The number of amides is 1. The summed E-state index contributed by atoms with van der Waals surface area (Å²) in [4.78, 5) is 23.8. The molecule has 0 unspecified atom stereocenters. The van der Waals surface area contributed by atoms with E-state index in [-0.39, 0.29) is 17.2 Å². The average Bonchev–Trinajstić information content (AvgIpc) is 2.63. The van der Waals surface area contributed by atoms with E-state index in [4.69, 9.17) is 0 Å². The van der Waals surface area contributed by atoms with Crippen LogP contribution in [-0.4, -0.2) is 38.0 Å². The predicted octanol–water partition coefficient (Wildman–Crippen LogP) is 3.02. The quantitative estimate of drug-likeness (QED) is 0.739. The normalized spacial score (nSPS) is 11.4. The zero-order valence-corrected chi connectivity index (χ0v) is 16.8. The molecule has 1 N–H and O–H groups in total. The third-order valence-corrected chi connectivity index (χ3v) is 6.16. The van der Waals surface area contributed by atoms with Gasteiger partial charge in [0.05, 0.1) is 11.4 Å². The fourth-order valence-electron chi connectivity index (χ4n) is 2.71. The molecule has 0 aliphatic carbocycles. The van der Waals surface area contributed by atoms with Crippen LogP contribution in [0.5, 0.6) is 0 Å². The van der Waals surface area contributed by atoms with E-state index in [1.165, 1.54) is 38.2 Å². The van der Waals surface area contributed by atoms with E-state index in [9.17, 15) is 18.0 Å². The molecule has 27 heavy (non-hydrogen) atoms. The molecule has 0 radical (unpaired) electrons. The largest absolute Gasteiger partial charge is 0.324 e. The standard InChI is InChI=1S/C20H24N2O4S/c1-5-16-8-6-7-14(2)20(16)21-19(24)13-22(4)27(25,26)18-11-9-17(10-12-18)15(3)23/h6-12H,5,13H2,1-4H3,(H,21,24). The third-order valence-electron chi connectivity index (χ3n) is 4.34. The summed E-state index contributed by atoms with van der Waals surface area (Å²) in [5.74, 6) is -0.554. The highest BCUT2D eigenvalue weighted by Crippen LogP contribution is 2.21. The van der Waals surface area contributed by atoms with Crippen molar-refractivity contribution in [2.45, 2.75) is 32.1 Å². The van der Waals surface area contributed by atoms with Crippen LogP contribution in [0.4, 0.5) is 5.69 Å². The van der Waals surface area contributed by atoms with Gasteiger partial charge in [-0.05, 0) is 43.5 Å². The lowest BCUT2D eigenvalue weighted by Gasteiger charge is -2.18. The number of carbonyl (C=O) groups is 2. The molecule has 0 saturated carbocycles. The smallest absolute Gasteiger partial charge is 0.243 e. The van der Waals surface area contributed by atoms with Crippen molar-refractivity contribution in [3.05, 3.63) is 59.2 Å². The van der Waals surface area contributed by atoms with Crippen molar-refractivity contribution in [1.29, 1.82) is 0 Å². The van der Waals surface area contributed by atoms with E-state index < -0.39 is 15.9 Å². The van der Waals surface area contributed by atoms with Crippen molar-refractivity contribution in [3.8, 4) is 0 Å². The van der Waals surface area contributed by atoms with Gasteiger partial charge in [-0.1, -0.05) is 37.3 Å². The first-order valence-electron chi connectivity index (χ1n) is 8.62. The number of nitrogens with one attached hydrogen (secondary N) is 1. The number of nitrogens with zero attached hydrogens (tertiary/aromatic N) is 1. The summed E-state index contributed by atoms with van der Waals surface area (Å²) in [5, 5.41) is 2.82. The molecule has 0 aromatic heterocycles. The topological polar surface area (TPSA) is 83.6 Å². The molecule has 0 fully saturated rings. The second-order valence-electron chi connectivity index (χ2n) is 6.35. The van der Waals surface area contributed by atoms with Crippen LogP contribution in [0.3, 0.4) is 0 Å². The van der Waals surface area contributed by atoms with Crippen molar-refractivity contribution in [1.82, 2.24) is 4.31 Å². The molecule has 144 valence electrons. The minimum atomic E-state index is -3.83. The summed E-state index contributed by atoms with van der Waals surface area (Å²) in [6, 6.07) is 11.4. The van der Waals surface area contributed by atoms with Gasteiger partial charge in [0, 0.05) is 18.3 Å². The van der Waals surface area contributed by atoms with Crippen molar-refractivity contribution < 1.29 is 18.0 Å². The number of likely N-dealkylation sites (N-methyl/N-ethyl adjacent to an activating group) is 1. The number of hydrogen-bond acceptors (Lipinski definition) is 4. The van der Waals surface area contributed by atoms with Crippen LogP contribution in [0.15, 0.2) is 47.4 Å². The summed E-state index contributed by atoms with van der Waals surface area (Å²) >= 11 is 0. The molecule has 0 bridgehead atoms. The summed E-state index contributed by atoms with van der Waals surface area (Å²) < 4.78 is 26.3. The second kappa shape index (κ2) is 8.45. The molecule has 6 nitrogen and oxygen atoms in total. The molecular weight excluding hydrogens is 364 g/mol. The molecule has 0 spiro atoms. The molecule has 0 heterocycles. The number of ketones is 1. The Kier molecular flexibility index (Phi) is 6.51. The Hall–Kier alpha value is -2.51. The lowest BCUT2D eigenvalue weighted by atomic mass is 10.1. The maximum atomic E-state index is 12.7. The predicted molar refractivity (Wildman–Crippen MR) is 105 cm³/mol. The highest BCUT2D eigenvalue weighted by molar-refractivity contribution is 7.89. The van der Waals surface area contributed by atoms with Crippen molar-refractivity contribution in [2.24, 2.45) is 0 Å². The number of benzene rings is 2. The van der Waals surface area contributed by atoms with E-state index in [1.54, 1.807) is 0 Å². The number of carbonyl (C=O) groups excluding carboxylic acids is 2. The first kappa shape index (κ1) is 20.8. The van der Waals surface area contributed by atoms with Crippen molar-refractivity contribution in [3.63, 3.8) is 0 Å². The van der Waals surface area contributed by atoms with Crippen LogP contribution in [0, 0.1) is 6.92 Å². The van der Waals surface area contributed by atoms with E-state index in [1.807, 2.05) is 32.0 Å². The fraction of sp³-hybridized carbons (Fsp3) is 0.300. The summed E-state index contributed by atoms with van der Waals surface area (Å²) in [6.45, 7) is 4.99. The van der Waals surface area contributed by atoms with Crippen LogP contribution in [0.2, 0.25) is 0 Å². The second-order valence-corrected chi connectivity index (χ2v) is 8.40. The number of aryl methyl sites for hydroxylation is 2. The first-order chi connectivity index (χ1) is 12.7. The number of rotatable bonds is 7. The van der Waals surface area contributed by atoms with Crippen LogP contribution in [0.1, 0.15) is 35.3 Å². The molecule has 0 aliphatic rings. The molecule has 0 saturated heterocycles. The van der Waals surface area contributed by atoms with Gasteiger partial charge in [0.1, 0.15) is 0 Å². The highest BCUT2D eigenvalue weighted by atomic mass is 32.2. The number of Topliss-reactive ketones (excluding diaryl/α,β-unsaturated/α-hetero) is 1. The molecule has 7 heteroatoms. The molecule has 2 rings (SSSR count). The lowest BCUT2D eigenvalue weighted by molar-refractivity contribution is -0.116. The zero-order chi connectivity index (χ0) is 20.2. The number of para-hydroxylation sites is 1. The lowest BCUT2D eigenvalue weighted by Crippen LogP contribution is -2.35. The van der Waals surface area contributed by atoms with Crippen molar-refractivity contribution in [2.75, 3.05) is 18.9 Å². The van der Waals surface area contributed by atoms with Gasteiger partial charge >= 0.3 is 0 Å². The minimum absolute atomic E-state index is 0.0351. The molecule has 2 aromatic rings. The summed E-state index contributed by atoms with van der Waals surface area (Å²) in [7, 11) is -2.48. The van der Waals surface area contributed by atoms with Gasteiger partial charge in [-0.15, -0.1) is 0 Å². The Morgan fingerprint density at radius 3 is 2.26 bits per heavy atom. The van der Waals surface area contributed by atoms with Crippen molar-refractivity contribution >= 4 is 27.4 Å². The van der Waals surface area contributed by atoms with Gasteiger partial charge < -0.3 is 5.32 Å². The Bertz CT molecular complexity index is 950. The Morgan fingerprint density at radius 2 is 1.70 bits per heavy atom. The highest BCUT2D eigenvalue weighted by Gasteiger charge is 2.23. The fourth-order valence-corrected chi connectivity index (χ4v) is 3.84. The van der Waals surface area contributed by atoms with Gasteiger partial charge in [-0.3, -0.25) is 9.59 Å². The Balaban J connectivity index is 2.14. The molecule has 2 aromatic carbocycles.